The molecule has 0 saturated carbocycles. The second-order valence-electron chi connectivity index (χ2n) is 4.36. The quantitative estimate of drug-likeness (QED) is 0.736. The van der Waals surface area contributed by atoms with Crippen molar-refractivity contribution < 1.29 is 9.47 Å². The molecule has 2 aromatic heterocycles. The third-order valence-electron chi connectivity index (χ3n) is 3.04. The minimum Gasteiger partial charge on any atom is -0.497 e. The zero-order chi connectivity index (χ0) is 14.1. The molecule has 1 aromatic carbocycles. The highest BCUT2D eigenvalue weighted by molar-refractivity contribution is 7.17. The van der Waals surface area contributed by atoms with Gasteiger partial charge < -0.3 is 9.47 Å². The predicted octanol–water partition coefficient (Wildman–Crippen LogP) is 3.68. The fraction of sp³-hybridized carbons (Fsp3) is 0.200. The Kier molecular flexibility index (Phi) is 3.28. The number of fused-ring (bicyclic) bond motifs is 1. The maximum atomic E-state index is 5.32. The number of hydrogen-bond acceptors (Lipinski definition) is 5. The van der Waals surface area contributed by atoms with Crippen LogP contribution in [0, 0.1) is 6.92 Å². The highest BCUT2D eigenvalue weighted by atomic mass is 32.1. The van der Waals surface area contributed by atoms with Gasteiger partial charge in [-0.1, -0.05) is 0 Å². The number of ether oxygens (including phenoxy) is 2. The van der Waals surface area contributed by atoms with E-state index in [9.17, 15) is 0 Å². The van der Waals surface area contributed by atoms with Crippen molar-refractivity contribution >= 4 is 21.6 Å². The Hall–Kier alpha value is -2.14. The molecule has 0 amide bonds. The van der Waals surface area contributed by atoms with Crippen molar-refractivity contribution in [1.29, 1.82) is 0 Å². The second kappa shape index (κ2) is 5.09. The zero-order valence-electron chi connectivity index (χ0n) is 11.5. The zero-order valence-corrected chi connectivity index (χ0v) is 12.3. The van der Waals surface area contributed by atoms with E-state index in [-0.39, 0.29) is 0 Å². The molecule has 0 atom stereocenters. The third kappa shape index (κ3) is 2.20. The van der Waals surface area contributed by atoms with Crippen molar-refractivity contribution in [3.8, 4) is 22.8 Å². The van der Waals surface area contributed by atoms with Crippen LogP contribution in [0.15, 0.2) is 29.6 Å². The van der Waals surface area contributed by atoms with Crippen LogP contribution in [0.4, 0.5) is 0 Å². The average Bonchev–Trinajstić information content (AvgIpc) is 2.93. The average molecular weight is 286 g/mol. The molecule has 0 aliphatic heterocycles. The maximum absolute atomic E-state index is 5.32. The van der Waals surface area contributed by atoms with Crippen LogP contribution in [0.2, 0.25) is 0 Å². The van der Waals surface area contributed by atoms with Crippen LogP contribution >= 0.6 is 11.3 Å². The number of aryl methyl sites for hydroxylation is 1. The number of aromatic nitrogens is 2. The fourth-order valence-electron chi connectivity index (χ4n) is 2.12. The summed E-state index contributed by atoms with van der Waals surface area (Å²) in [6, 6.07) is 7.78. The molecule has 0 unspecified atom stereocenters. The van der Waals surface area contributed by atoms with Crippen molar-refractivity contribution in [2.24, 2.45) is 0 Å². The minimum atomic E-state index is 0.750. The number of benzene rings is 1. The Bertz CT molecular complexity index is 745. The Morgan fingerprint density at radius 2 is 1.70 bits per heavy atom. The van der Waals surface area contributed by atoms with E-state index in [1.165, 1.54) is 0 Å². The number of thiophene rings is 1. The highest BCUT2D eigenvalue weighted by Crippen LogP contribution is 2.34. The number of methoxy groups -OCH3 is 2. The molecule has 2 heterocycles. The molecule has 0 fully saturated rings. The van der Waals surface area contributed by atoms with Gasteiger partial charge in [-0.05, 0) is 30.5 Å². The monoisotopic (exact) mass is 286 g/mol. The lowest BCUT2D eigenvalue weighted by molar-refractivity contribution is 0.394. The van der Waals surface area contributed by atoms with Gasteiger partial charge in [-0.25, -0.2) is 9.97 Å². The van der Waals surface area contributed by atoms with Gasteiger partial charge in [0.2, 0.25) is 0 Å². The van der Waals surface area contributed by atoms with E-state index in [4.69, 9.17) is 9.47 Å². The Morgan fingerprint density at radius 1 is 1.00 bits per heavy atom. The normalized spacial score (nSPS) is 10.8. The molecule has 0 aliphatic carbocycles. The van der Waals surface area contributed by atoms with Gasteiger partial charge in [0.25, 0.3) is 0 Å². The Balaban J connectivity index is 2.26. The lowest BCUT2D eigenvalue weighted by Crippen LogP contribution is -1.93. The topological polar surface area (TPSA) is 44.2 Å². The van der Waals surface area contributed by atoms with Gasteiger partial charge in [-0.3, -0.25) is 0 Å². The largest absolute Gasteiger partial charge is 0.497 e. The summed E-state index contributed by atoms with van der Waals surface area (Å²) in [6.07, 6.45) is 0. The molecule has 0 radical (unpaired) electrons. The highest BCUT2D eigenvalue weighted by Gasteiger charge is 2.12. The van der Waals surface area contributed by atoms with Gasteiger partial charge in [0.1, 0.15) is 17.3 Å². The van der Waals surface area contributed by atoms with Crippen LogP contribution in [-0.4, -0.2) is 24.2 Å². The molecule has 4 nitrogen and oxygen atoms in total. The van der Waals surface area contributed by atoms with Crippen molar-refractivity contribution in [3.63, 3.8) is 0 Å². The lowest BCUT2D eigenvalue weighted by Gasteiger charge is -2.09. The molecule has 0 N–H and O–H groups in total. The molecule has 3 aromatic rings. The van der Waals surface area contributed by atoms with E-state index in [2.05, 4.69) is 9.97 Å². The summed E-state index contributed by atoms with van der Waals surface area (Å²) in [6.45, 7) is 1.90. The van der Waals surface area contributed by atoms with Crippen LogP contribution in [0.5, 0.6) is 11.5 Å². The molecular formula is C15H14N2O2S. The van der Waals surface area contributed by atoms with E-state index in [1.54, 1.807) is 25.6 Å². The van der Waals surface area contributed by atoms with Crippen molar-refractivity contribution in [2.75, 3.05) is 14.2 Å². The van der Waals surface area contributed by atoms with Gasteiger partial charge in [0, 0.05) is 11.6 Å². The van der Waals surface area contributed by atoms with E-state index >= 15 is 0 Å². The number of nitrogens with zero attached hydrogens (tertiary/aromatic N) is 2. The molecule has 20 heavy (non-hydrogen) atoms. The minimum absolute atomic E-state index is 0.750. The van der Waals surface area contributed by atoms with Crippen molar-refractivity contribution in [1.82, 2.24) is 9.97 Å². The summed E-state index contributed by atoms with van der Waals surface area (Å²) >= 11 is 1.64. The summed E-state index contributed by atoms with van der Waals surface area (Å²) in [5.74, 6) is 2.26. The molecule has 3 rings (SSSR count). The number of hydrogen-bond donors (Lipinski definition) is 0. The summed E-state index contributed by atoms with van der Waals surface area (Å²) < 4.78 is 11.7. The van der Waals surface area contributed by atoms with Gasteiger partial charge in [0.15, 0.2) is 0 Å². The molecule has 0 bridgehead atoms. The summed E-state index contributed by atoms with van der Waals surface area (Å²) in [5, 5.41) is 2.03. The molecule has 5 heteroatoms. The first-order valence-corrected chi connectivity index (χ1v) is 7.04. The molecule has 0 saturated heterocycles. The standard InChI is InChI=1S/C15H14N2O2S/c1-9-16-13-4-5-20-15(13)14(17-9)10-6-11(18-2)8-12(7-10)19-3/h4-8H,1-3H3. The summed E-state index contributed by atoms with van der Waals surface area (Å²) in [7, 11) is 3.29. The van der Waals surface area contributed by atoms with Crippen LogP contribution < -0.4 is 9.47 Å². The van der Waals surface area contributed by atoms with Gasteiger partial charge in [-0.2, -0.15) is 0 Å². The first-order valence-electron chi connectivity index (χ1n) is 6.16. The number of rotatable bonds is 3. The smallest absolute Gasteiger partial charge is 0.126 e. The summed E-state index contributed by atoms with van der Waals surface area (Å²) in [4.78, 5) is 9.03. The molecule has 0 spiro atoms. The Labute approximate surface area is 121 Å². The molecule has 102 valence electrons. The van der Waals surface area contributed by atoms with Crippen molar-refractivity contribution in [2.45, 2.75) is 6.92 Å². The van der Waals surface area contributed by atoms with E-state index < -0.39 is 0 Å². The van der Waals surface area contributed by atoms with Crippen LogP contribution in [0.1, 0.15) is 5.82 Å². The second-order valence-corrected chi connectivity index (χ2v) is 5.27. The van der Waals surface area contributed by atoms with E-state index in [0.29, 0.717) is 0 Å². The first kappa shape index (κ1) is 12.9. The van der Waals surface area contributed by atoms with Gasteiger partial charge in [0.05, 0.1) is 30.1 Å². The fourth-order valence-corrected chi connectivity index (χ4v) is 2.96. The van der Waals surface area contributed by atoms with E-state index in [1.807, 2.05) is 36.6 Å². The SMILES string of the molecule is COc1cc(OC)cc(-c2nc(C)nc3ccsc23)c1. The van der Waals surface area contributed by atoms with Gasteiger partial charge in [-0.15, -0.1) is 11.3 Å². The van der Waals surface area contributed by atoms with Crippen LogP contribution in [0.25, 0.3) is 21.5 Å². The Morgan fingerprint density at radius 3 is 2.35 bits per heavy atom. The molecule has 0 aliphatic rings. The van der Waals surface area contributed by atoms with Crippen molar-refractivity contribution in [3.05, 3.63) is 35.5 Å². The maximum Gasteiger partial charge on any atom is 0.126 e. The van der Waals surface area contributed by atoms with E-state index in [0.717, 1.165) is 38.8 Å². The van der Waals surface area contributed by atoms with Gasteiger partial charge >= 0.3 is 0 Å². The first-order chi connectivity index (χ1) is 9.71. The van der Waals surface area contributed by atoms with Crippen LogP contribution in [-0.2, 0) is 0 Å². The predicted molar refractivity (Wildman–Crippen MR) is 80.7 cm³/mol. The lowest BCUT2D eigenvalue weighted by atomic mass is 10.1. The van der Waals surface area contributed by atoms with Crippen LogP contribution in [0.3, 0.4) is 0 Å². The molecular weight excluding hydrogens is 272 g/mol. The summed E-state index contributed by atoms with van der Waals surface area (Å²) in [5.41, 5.74) is 2.86. The third-order valence-corrected chi connectivity index (χ3v) is 3.95.